The quantitative estimate of drug-likeness (QED) is 0.402. The Morgan fingerprint density at radius 3 is 2.75 bits per heavy atom. The Morgan fingerprint density at radius 1 is 1.11 bits per heavy atom. The lowest BCUT2D eigenvalue weighted by molar-refractivity contribution is -0.137. The predicted octanol–water partition coefficient (Wildman–Crippen LogP) is 5.77. The number of amides is 1. The molecule has 6 nitrogen and oxygen atoms in total. The topological polar surface area (TPSA) is 78.9 Å². The third-order valence-corrected chi connectivity index (χ3v) is 7.52. The molecule has 0 bridgehead atoms. The van der Waals surface area contributed by atoms with Crippen LogP contribution in [-0.4, -0.2) is 33.7 Å². The first-order chi connectivity index (χ1) is 17.3. The molecule has 1 amide bonds. The van der Waals surface area contributed by atoms with Crippen molar-refractivity contribution in [1.82, 2.24) is 15.3 Å². The minimum atomic E-state index is -4.54. The van der Waals surface area contributed by atoms with E-state index in [1.807, 2.05) is 30.8 Å². The monoisotopic (exact) mass is 513 g/mol. The lowest BCUT2D eigenvalue weighted by atomic mass is 10.0. The van der Waals surface area contributed by atoms with Gasteiger partial charge in [-0.3, -0.25) is 4.79 Å². The second-order valence-corrected chi connectivity index (χ2v) is 10.2. The summed E-state index contributed by atoms with van der Waals surface area (Å²) in [6.45, 7) is 1.97. The standard InChI is InChI=1S/C26H26F3N5OS/c1-15-5-8-21(32-15)25(35)34-23-11-17(26(27,28)29)6-7-18(23)22-12-24(31-14-30-22)33-20-4-2-3-16-9-10-36-13-19(16)20/h2-4,6-7,11-12,14-15,21,32H,5,8-10,13H2,1H3,(H,34,35)(H,30,31,33)/t15?,21-/m0/s1. The van der Waals surface area contributed by atoms with E-state index in [9.17, 15) is 18.0 Å². The summed E-state index contributed by atoms with van der Waals surface area (Å²) in [5.74, 6) is 2.15. The van der Waals surface area contributed by atoms with E-state index < -0.39 is 17.8 Å². The lowest BCUT2D eigenvalue weighted by Gasteiger charge is -2.20. The number of fused-ring (bicyclic) bond motifs is 1. The summed E-state index contributed by atoms with van der Waals surface area (Å²) in [4.78, 5) is 21.5. The number of aromatic nitrogens is 2. The maximum Gasteiger partial charge on any atom is 0.416 e. The number of halogens is 3. The molecular formula is C26H26F3N5OS. The Kier molecular flexibility index (Phi) is 6.90. The normalized spacial score (nSPS) is 19.6. The molecule has 0 spiro atoms. The highest BCUT2D eigenvalue weighted by molar-refractivity contribution is 7.98. The summed E-state index contributed by atoms with van der Waals surface area (Å²) in [6, 6.07) is 10.8. The van der Waals surface area contributed by atoms with Gasteiger partial charge in [-0.1, -0.05) is 18.2 Å². The third kappa shape index (κ3) is 5.34. The van der Waals surface area contributed by atoms with E-state index in [0.717, 1.165) is 42.2 Å². The van der Waals surface area contributed by atoms with Crippen molar-refractivity contribution in [3.05, 3.63) is 65.5 Å². The van der Waals surface area contributed by atoms with Gasteiger partial charge in [0.15, 0.2) is 0 Å². The van der Waals surface area contributed by atoms with E-state index in [1.165, 1.54) is 23.5 Å². The molecule has 1 saturated heterocycles. The fourth-order valence-corrected chi connectivity index (χ4v) is 5.68. The highest BCUT2D eigenvalue weighted by Gasteiger charge is 2.32. The third-order valence-electron chi connectivity index (χ3n) is 6.54. The zero-order valence-corrected chi connectivity index (χ0v) is 20.5. The molecule has 2 aliphatic rings. The van der Waals surface area contributed by atoms with E-state index in [-0.39, 0.29) is 17.6 Å². The Hall–Kier alpha value is -3.11. The van der Waals surface area contributed by atoms with Crippen LogP contribution in [0, 0.1) is 0 Å². The molecule has 1 aromatic heterocycles. The van der Waals surface area contributed by atoms with Crippen molar-refractivity contribution in [2.45, 2.75) is 50.2 Å². The number of thioether (sulfide) groups is 1. The average molecular weight is 514 g/mol. The van der Waals surface area contributed by atoms with Crippen LogP contribution in [0.4, 0.5) is 30.4 Å². The van der Waals surface area contributed by atoms with E-state index >= 15 is 0 Å². The van der Waals surface area contributed by atoms with Gasteiger partial charge in [-0.05, 0) is 61.3 Å². The molecule has 3 aromatic rings. The van der Waals surface area contributed by atoms with Gasteiger partial charge in [-0.15, -0.1) is 0 Å². The van der Waals surface area contributed by atoms with Gasteiger partial charge in [0, 0.05) is 29.1 Å². The summed E-state index contributed by atoms with van der Waals surface area (Å²) in [6.07, 6.45) is -0.710. The number of rotatable bonds is 5. The van der Waals surface area contributed by atoms with E-state index in [2.05, 4.69) is 32.0 Å². The molecular weight excluding hydrogens is 487 g/mol. The maximum atomic E-state index is 13.5. The van der Waals surface area contributed by atoms with Crippen molar-refractivity contribution >= 4 is 34.9 Å². The maximum absolute atomic E-state index is 13.5. The smallest absolute Gasteiger partial charge is 0.340 e. The molecule has 1 unspecified atom stereocenters. The van der Waals surface area contributed by atoms with Crippen molar-refractivity contribution < 1.29 is 18.0 Å². The van der Waals surface area contributed by atoms with Gasteiger partial charge in [-0.25, -0.2) is 9.97 Å². The predicted molar refractivity (Wildman–Crippen MR) is 136 cm³/mol. The summed E-state index contributed by atoms with van der Waals surface area (Å²) in [5, 5.41) is 9.22. The van der Waals surface area contributed by atoms with Crippen LogP contribution in [0.15, 0.2) is 48.8 Å². The molecule has 2 aliphatic heterocycles. The molecule has 3 heterocycles. The van der Waals surface area contributed by atoms with E-state index in [1.54, 1.807) is 6.07 Å². The van der Waals surface area contributed by atoms with Gasteiger partial charge in [0.2, 0.25) is 5.91 Å². The highest BCUT2D eigenvalue weighted by atomic mass is 32.2. The molecule has 188 valence electrons. The summed E-state index contributed by atoms with van der Waals surface area (Å²) >= 11 is 1.87. The van der Waals surface area contributed by atoms with Crippen molar-refractivity contribution in [3.8, 4) is 11.3 Å². The molecule has 0 saturated carbocycles. The molecule has 5 rings (SSSR count). The molecule has 0 radical (unpaired) electrons. The lowest BCUT2D eigenvalue weighted by Crippen LogP contribution is -2.38. The second kappa shape index (κ2) is 10.1. The van der Waals surface area contributed by atoms with Gasteiger partial charge >= 0.3 is 6.18 Å². The minimum absolute atomic E-state index is 0.0642. The van der Waals surface area contributed by atoms with Crippen molar-refractivity contribution in [1.29, 1.82) is 0 Å². The molecule has 36 heavy (non-hydrogen) atoms. The summed E-state index contributed by atoms with van der Waals surface area (Å²) in [5.41, 5.74) is 3.50. The Bertz CT molecular complexity index is 1280. The fraction of sp³-hybridized carbons (Fsp3) is 0.346. The molecule has 10 heteroatoms. The SMILES string of the molecule is CC1CC[C@@H](C(=O)Nc2cc(C(F)(F)F)ccc2-c2cc(Nc3cccc4c3CSCC4)ncn2)N1. The zero-order chi connectivity index (χ0) is 25.3. The Morgan fingerprint density at radius 2 is 1.97 bits per heavy atom. The van der Waals surface area contributed by atoms with Crippen molar-refractivity contribution in [3.63, 3.8) is 0 Å². The van der Waals surface area contributed by atoms with Crippen LogP contribution in [0.5, 0.6) is 0 Å². The first-order valence-corrected chi connectivity index (χ1v) is 13.0. The molecule has 0 aliphatic carbocycles. The number of benzene rings is 2. The van der Waals surface area contributed by atoms with E-state index in [0.29, 0.717) is 23.5 Å². The van der Waals surface area contributed by atoms with Gasteiger partial charge in [-0.2, -0.15) is 24.9 Å². The summed E-state index contributed by atoms with van der Waals surface area (Å²) < 4.78 is 40.4. The molecule has 3 N–H and O–H groups in total. The number of anilines is 3. The zero-order valence-electron chi connectivity index (χ0n) is 19.7. The van der Waals surface area contributed by atoms with Crippen LogP contribution in [-0.2, 0) is 23.1 Å². The number of hydrogen-bond donors (Lipinski definition) is 3. The number of carbonyl (C=O) groups excluding carboxylic acids is 1. The highest BCUT2D eigenvalue weighted by Crippen LogP contribution is 2.37. The Balaban J connectivity index is 1.46. The van der Waals surface area contributed by atoms with Crippen molar-refractivity contribution in [2.75, 3.05) is 16.4 Å². The van der Waals surface area contributed by atoms with Crippen LogP contribution in [0.3, 0.4) is 0 Å². The molecule has 2 aromatic carbocycles. The number of alkyl halides is 3. The minimum Gasteiger partial charge on any atom is -0.340 e. The van der Waals surface area contributed by atoms with Gasteiger partial charge in [0.25, 0.3) is 0 Å². The number of hydrogen-bond acceptors (Lipinski definition) is 6. The number of aryl methyl sites for hydroxylation is 1. The van der Waals surface area contributed by atoms with Crippen molar-refractivity contribution in [2.24, 2.45) is 0 Å². The van der Waals surface area contributed by atoms with Crippen LogP contribution in [0.2, 0.25) is 0 Å². The first-order valence-electron chi connectivity index (χ1n) is 11.8. The first kappa shape index (κ1) is 24.6. The van der Waals surface area contributed by atoms with Gasteiger partial charge in [0.05, 0.1) is 23.0 Å². The van der Waals surface area contributed by atoms with Crippen LogP contribution >= 0.6 is 11.8 Å². The summed E-state index contributed by atoms with van der Waals surface area (Å²) in [7, 11) is 0. The van der Waals surface area contributed by atoms with Crippen LogP contribution < -0.4 is 16.0 Å². The second-order valence-electron chi connectivity index (χ2n) is 9.10. The largest absolute Gasteiger partial charge is 0.416 e. The Labute approximate surface area is 211 Å². The molecule has 2 atom stereocenters. The van der Waals surface area contributed by atoms with Gasteiger partial charge < -0.3 is 16.0 Å². The molecule has 1 fully saturated rings. The van der Waals surface area contributed by atoms with Crippen LogP contribution in [0.1, 0.15) is 36.5 Å². The fourth-order valence-electron chi connectivity index (χ4n) is 4.62. The van der Waals surface area contributed by atoms with Gasteiger partial charge in [0.1, 0.15) is 12.1 Å². The number of nitrogens with one attached hydrogen (secondary N) is 3. The average Bonchev–Trinajstić information content (AvgIpc) is 3.30. The number of nitrogens with zero attached hydrogens (tertiary/aromatic N) is 2. The van der Waals surface area contributed by atoms with Crippen LogP contribution in [0.25, 0.3) is 11.3 Å². The number of carbonyl (C=O) groups is 1. The van der Waals surface area contributed by atoms with E-state index in [4.69, 9.17) is 0 Å².